The van der Waals surface area contributed by atoms with Crippen molar-refractivity contribution in [3.8, 4) is 0 Å². The number of pyridine rings is 1. The van der Waals surface area contributed by atoms with Gasteiger partial charge in [0.15, 0.2) is 5.69 Å². The van der Waals surface area contributed by atoms with Gasteiger partial charge >= 0.3 is 5.97 Å². The van der Waals surface area contributed by atoms with E-state index in [0.717, 1.165) is 0 Å². The van der Waals surface area contributed by atoms with Crippen molar-refractivity contribution in [2.24, 2.45) is 0 Å². The van der Waals surface area contributed by atoms with E-state index < -0.39 is 18.4 Å². The molecule has 0 unspecified atom stereocenters. The third-order valence-corrected chi connectivity index (χ3v) is 2.45. The van der Waals surface area contributed by atoms with Gasteiger partial charge in [0.05, 0.1) is 6.54 Å². The first-order valence-electron chi connectivity index (χ1n) is 4.81. The largest absolute Gasteiger partial charge is 0.477 e. The second-order valence-electron chi connectivity index (χ2n) is 3.71. The Morgan fingerprint density at radius 3 is 2.81 bits per heavy atom. The first-order valence-corrected chi connectivity index (χ1v) is 4.81. The van der Waals surface area contributed by atoms with Crippen molar-refractivity contribution in [2.45, 2.75) is 12.3 Å². The lowest BCUT2D eigenvalue weighted by molar-refractivity contribution is 0.0256. The van der Waals surface area contributed by atoms with Crippen LogP contribution in [0.1, 0.15) is 16.9 Å². The van der Waals surface area contributed by atoms with E-state index in [1.165, 1.54) is 23.1 Å². The van der Waals surface area contributed by atoms with Crippen molar-refractivity contribution >= 4 is 11.8 Å². The fourth-order valence-electron chi connectivity index (χ4n) is 1.65. The van der Waals surface area contributed by atoms with Crippen LogP contribution in [0.2, 0.25) is 0 Å². The van der Waals surface area contributed by atoms with Crippen molar-refractivity contribution in [3.63, 3.8) is 0 Å². The minimum atomic E-state index is -2.71. The topological polar surface area (TPSA) is 53.4 Å². The summed E-state index contributed by atoms with van der Waals surface area (Å²) in [6, 6.07) is 4.37. The van der Waals surface area contributed by atoms with Crippen LogP contribution in [0.15, 0.2) is 18.2 Å². The predicted molar refractivity (Wildman–Crippen MR) is 53.0 cm³/mol. The molecule has 1 N–H and O–H groups in total. The first kappa shape index (κ1) is 10.8. The summed E-state index contributed by atoms with van der Waals surface area (Å²) in [5, 5.41) is 8.73. The highest BCUT2D eigenvalue weighted by Gasteiger charge is 2.38. The molecular weight excluding hydrogens is 218 g/mol. The van der Waals surface area contributed by atoms with Crippen LogP contribution in [0.25, 0.3) is 0 Å². The molecule has 0 amide bonds. The highest BCUT2D eigenvalue weighted by Crippen LogP contribution is 2.29. The highest BCUT2D eigenvalue weighted by atomic mass is 19.3. The number of hydrogen-bond acceptors (Lipinski definition) is 3. The number of aromatic nitrogens is 1. The molecule has 6 heteroatoms. The van der Waals surface area contributed by atoms with Crippen LogP contribution in [-0.4, -0.2) is 35.1 Å². The Hall–Kier alpha value is -1.72. The third kappa shape index (κ3) is 2.10. The Bertz CT molecular complexity index is 423. The van der Waals surface area contributed by atoms with Gasteiger partial charge in [0.25, 0.3) is 5.92 Å². The van der Waals surface area contributed by atoms with Gasteiger partial charge in [-0.25, -0.2) is 18.6 Å². The van der Waals surface area contributed by atoms with Gasteiger partial charge in [0.1, 0.15) is 5.82 Å². The fraction of sp³-hybridized carbons (Fsp3) is 0.400. The van der Waals surface area contributed by atoms with Gasteiger partial charge in [-0.2, -0.15) is 0 Å². The summed E-state index contributed by atoms with van der Waals surface area (Å²) >= 11 is 0. The number of carboxylic acids is 1. The van der Waals surface area contributed by atoms with Crippen LogP contribution in [-0.2, 0) is 0 Å². The van der Waals surface area contributed by atoms with Crippen LogP contribution in [0.3, 0.4) is 0 Å². The number of aromatic carboxylic acids is 1. The Morgan fingerprint density at radius 1 is 1.50 bits per heavy atom. The monoisotopic (exact) mass is 228 g/mol. The molecule has 1 aliphatic heterocycles. The first-order chi connectivity index (χ1) is 7.48. The molecule has 1 aromatic heterocycles. The predicted octanol–water partition coefficient (Wildman–Crippen LogP) is 1.63. The van der Waals surface area contributed by atoms with Crippen molar-refractivity contribution < 1.29 is 18.7 Å². The van der Waals surface area contributed by atoms with Gasteiger partial charge in [0, 0.05) is 13.0 Å². The lowest BCUT2D eigenvalue weighted by Crippen LogP contribution is -2.25. The maximum Gasteiger partial charge on any atom is 0.354 e. The summed E-state index contributed by atoms with van der Waals surface area (Å²) in [6.45, 7) is -0.202. The number of rotatable bonds is 2. The second kappa shape index (κ2) is 3.70. The van der Waals surface area contributed by atoms with E-state index in [-0.39, 0.29) is 24.5 Å². The average molecular weight is 228 g/mol. The van der Waals surface area contributed by atoms with Gasteiger partial charge in [-0.3, -0.25) is 0 Å². The molecule has 0 saturated carbocycles. The standard InChI is InChI=1S/C10H10F2N2O2/c11-10(12)4-5-14(6-10)8-3-1-2-7(13-8)9(15)16/h1-3H,4-6H2,(H,15,16). The molecule has 0 bridgehead atoms. The maximum absolute atomic E-state index is 13.0. The quantitative estimate of drug-likeness (QED) is 0.835. The molecule has 2 rings (SSSR count). The van der Waals surface area contributed by atoms with E-state index in [2.05, 4.69) is 4.98 Å². The molecule has 0 aliphatic carbocycles. The molecule has 0 spiro atoms. The van der Waals surface area contributed by atoms with Crippen molar-refractivity contribution in [2.75, 3.05) is 18.0 Å². The van der Waals surface area contributed by atoms with E-state index in [9.17, 15) is 13.6 Å². The van der Waals surface area contributed by atoms with Crippen LogP contribution in [0.5, 0.6) is 0 Å². The summed E-state index contributed by atoms with van der Waals surface area (Å²) in [5.41, 5.74) is -0.132. The van der Waals surface area contributed by atoms with Gasteiger partial charge < -0.3 is 10.0 Å². The molecule has 1 aromatic rings. The van der Waals surface area contributed by atoms with Crippen molar-refractivity contribution in [3.05, 3.63) is 23.9 Å². The number of anilines is 1. The van der Waals surface area contributed by atoms with E-state index in [4.69, 9.17) is 5.11 Å². The number of nitrogens with zero attached hydrogens (tertiary/aromatic N) is 2. The van der Waals surface area contributed by atoms with Gasteiger partial charge in [-0.05, 0) is 12.1 Å². The molecule has 16 heavy (non-hydrogen) atoms. The summed E-state index contributed by atoms with van der Waals surface area (Å²) in [6.07, 6.45) is -0.216. The van der Waals surface area contributed by atoms with Gasteiger partial charge in [-0.1, -0.05) is 6.07 Å². The number of carbonyl (C=O) groups is 1. The molecular formula is C10H10F2N2O2. The van der Waals surface area contributed by atoms with E-state index in [1.54, 1.807) is 0 Å². The maximum atomic E-state index is 13.0. The van der Waals surface area contributed by atoms with Gasteiger partial charge in [-0.15, -0.1) is 0 Å². The van der Waals surface area contributed by atoms with E-state index >= 15 is 0 Å². The summed E-state index contributed by atoms with van der Waals surface area (Å²) in [5.74, 6) is -3.58. The SMILES string of the molecule is O=C(O)c1cccc(N2CCC(F)(F)C2)n1. The molecule has 1 aliphatic rings. The zero-order valence-electron chi connectivity index (χ0n) is 8.36. The van der Waals surface area contributed by atoms with Crippen LogP contribution >= 0.6 is 0 Å². The lowest BCUT2D eigenvalue weighted by Gasteiger charge is -2.16. The third-order valence-electron chi connectivity index (χ3n) is 2.45. The van der Waals surface area contributed by atoms with Crippen molar-refractivity contribution in [1.29, 1.82) is 0 Å². The van der Waals surface area contributed by atoms with Crippen LogP contribution in [0, 0.1) is 0 Å². The highest BCUT2D eigenvalue weighted by molar-refractivity contribution is 5.85. The Labute approximate surface area is 90.5 Å². The van der Waals surface area contributed by atoms with Crippen molar-refractivity contribution in [1.82, 2.24) is 4.98 Å². The molecule has 0 atom stereocenters. The van der Waals surface area contributed by atoms with Crippen LogP contribution in [0.4, 0.5) is 14.6 Å². The molecule has 2 heterocycles. The Morgan fingerprint density at radius 2 is 2.25 bits per heavy atom. The Balaban J connectivity index is 2.22. The zero-order valence-corrected chi connectivity index (χ0v) is 8.36. The molecule has 1 saturated heterocycles. The van der Waals surface area contributed by atoms with E-state index in [1.807, 2.05) is 0 Å². The molecule has 0 aromatic carbocycles. The molecule has 86 valence electrons. The molecule has 4 nitrogen and oxygen atoms in total. The van der Waals surface area contributed by atoms with Gasteiger partial charge in [0.2, 0.25) is 0 Å². The molecule has 1 fully saturated rings. The fourth-order valence-corrected chi connectivity index (χ4v) is 1.65. The molecule has 0 radical (unpaired) electrons. The normalized spacial score (nSPS) is 18.8. The smallest absolute Gasteiger partial charge is 0.354 e. The number of halogens is 2. The average Bonchev–Trinajstić information content (AvgIpc) is 2.59. The number of alkyl halides is 2. The lowest BCUT2D eigenvalue weighted by atomic mass is 10.3. The Kier molecular flexibility index (Phi) is 2.49. The minimum absolute atomic E-state index is 0.132. The summed E-state index contributed by atoms with van der Waals surface area (Å²) in [7, 11) is 0. The number of carboxylic acid groups (broad SMARTS) is 1. The minimum Gasteiger partial charge on any atom is -0.477 e. The summed E-state index contributed by atoms with van der Waals surface area (Å²) < 4.78 is 25.9. The second-order valence-corrected chi connectivity index (χ2v) is 3.71. The summed E-state index contributed by atoms with van der Waals surface area (Å²) in [4.78, 5) is 15.9. The number of hydrogen-bond donors (Lipinski definition) is 1. The van der Waals surface area contributed by atoms with Crippen LogP contribution < -0.4 is 4.90 Å². The van der Waals surface area contributed by atoms with E-state index in [0.29, 0.717) is 0 Å². The zero-order chi connectivity index (χ0) is 11.8.